The summed E-state index contributed by atoms with van der Waals surface area (Å²) in [6.07, 6.45) is 1.11. The van der Waals surface area contributed by atoms with Crippen molar-refractivity contribution in [1.29, 1.82) is 0 Å². The molecule has 132 valence electrons. The molecule has 1 aliphatic rings. The van der Waals surface area contributed by atoms with E-state index in [9.17, 15) is 9.59 Å². The molecule has 25 heavy (non-hydrogen) atoms. The minimum absolute atomic E-state index is 0.0201. The summed E-state index contributed by atoms with van der Waals surface area (Å²) in [5.74, 6) is 0.426. The molecule has 1 aromatic carbocycles. The molecule has 1 aliphatic carbocycles. The highest BCUT2D eigenvalue weighted by Crippen LogP contribution is 2.47. The molecule has 1 aromatic heterocycles. The maximum Gasteiger partial charge on any atom is 0.339 e. The van der Waals surface area contributed by atoms with E-state index in [0.29, 0.717) is 34.4 Å². The van der Waals surface area contributed by atoms with E-state index >= 15 is 0 Å². The van der Waals surface area contributed by atoms with Gasteiger partial charge in [0.1, 0.15) is 5.69 Å². The number of carbonyl (C=O) groups excluding carboxylic acids is 2. The molecule has 1 amide bonds. The molecule has 0 saturated heterocycles. The first-order chi connectivity index (χ1) is 11.9. The summed E-state index contributed by atoms with van der Waals surface area (Å²) < 4.78 is 4.81. The summed E-state index contributed by atoms with van der Waals surface area (Å²) in [6.45, 7) is 5.74. The van der Waals surface area contributed by atoms with Crippen LogP contribution in [0.15, 0.2) is 30.3 Å². The summed E-state index contributed by atoms with van der Waals surface area (Å²) in [4.78, 5) is 27.8. The van der Waals surface area contributed by atoms with Crippen molar-refractivity contribution in [2.75, 3.05) is 7.11 Å². The number of H-pyrrole nitrogens is 1. The zero-order chi connectivity index (χ0) is 18.1. The van der Waals surface area contributed by atoms with Crippen LogP contribution in [0.1, 0.15) is 57.1 Å². The molecule has 2 aromatic rings. The van der Waals surface area contributed by atoms with E-state index in [0.717, 1.165) is 12.0 Å². The number of hydrogen-bond donors (Lipinski definition) is 2. The molecule has 1 heterocycles. The van der Waals surface area contributed by atoms with Crippen LogP contribution in [0.25, 0.3) is 0 Å². The fraction of sp³-hybridized carbons (Fsp3) is 0.400. The molecular weight excluding hydrogens is 316 g/mol. The van der Waals surface area contributed by atoms with Crippen LogP contribution in [0, 0.1) is 25.7 Å². The van der Waals surface area contributed by atoms with Gasteiger partial charge in [0.2, 0.25) is 0 Å². The van der Waals surface area contributed by atoms with Crippen molar-refractivity contribution >= 4 is 11.9 Å². The lowest BCUT2D eigenvalue weighted by Crippen LogP contribution is -2.31. The third kappa shape index (κ3) is 3.31. The van der Waals surface area contributed by atoms with Crippen LogP contribution < -0.4 is 5.32 Å². The van der Waals surface area contributed by atoms with Crippen molar-refractivity contribution < 1.29 is 14.3 Å². The lowest BCUT2D eigenvalue weighted by Gasteiger charge is -2.19. The Labute approximate surface area is 147 Å². The zero-order valence-electron chi connectivity index (χ0n) is 15.1. The number of benzene rings is 1. The SMILES string of the molecule is COC(=O)c1c(C)[nH]c(C(=O)NC(c2ccccc2)C2CC2C)c1C. The number of rotatable bonds is 5. The van der Waals surface area contributed by atoms with Crippen molar-refractivity contribution in [2.45, 2.75) is 33.2 Å². The van der Waals surface area contributed by atoms with E-state index in [1.807, 2.05) is 30.3 Å². The highest BCUT2D eigenvalue weighted by atomic mass is 16.5. The van der Waals surface area contributed by atoms with Gasteiger partial charge in [-0.15, -0.1) is 0 Å². The van der Waals surface area contributed by atoms with E-state index in [4.69, 9.17) is 4.74 Å². The molecule has 2 N–H and O–H groups in total. The van der Waals surface area contributed by atoms with Crippen molar-refractivity contribution in [3.8, 4) is 0 Å². The number of aryl methyl sites for hydroxylation is 1. The third-order valence-corrected chi connectivity index (χ3v) is 5.10. The number of hydrogen-bond acceptors (Lipinski definition) is 3. The monoisotopic (exact) mass is 340 g/mol. The van der Waals surface area contributed by atoms with Gasteiger partial charge in [0, 0.05) is 5.69 Å². The van der Waals surface area contributed by atoms with E-state index in [-0.39, 0.29) is 11.9 Å². The van der Waals surface area contributed by atoms with E-state index in [1.54, 1.807) is 13.8 Å². The summed E-state index contributed by atoms with van der Waals surface area (Å²) in [5.41, 5.74) is 3.23. The van der Waals surface area contributed by atoms with Gasteiger partial charge in [-0.05, 0) is 43.2 Å². The quantitative estimate of drug-likeness (QED) is 0.818. The minimum atomic E-state index is -0.430. The highest BCUT2D eigenvalue weighted by molar-refractivity contribution is 6.00. The molecule has 0 bridgehead atoms. The van der Waals surface area contributed by atoms with Crippen LogP contribution in [0.5, 0.6) is 0 Å². The Hall–Kier alpha value is -2.56. The van der Waals surface area contributed by atoms with Gasteiger partial charge in [-0.25, -0.2) is 4.79 Å². The predicted molar refractivity (Wildman–Crippen MR) is 95.5 cm³/mol. The Bertz CT molecular complexity index is 795. The average molecular weight is 340 g/mol. The number of aromatic amines is 1. The molecule has 1 saturated carbocycles. The van der Waals surface area contributed by atoms with Crippen LogP contribution in [0.2, 0.25) is 0 Å². The minimum Gasteiger partial charge on any atom is -0.465 e. The molecule has 0 radical (unpaired) electrons. The van der Waals surface area contributed by atoms with Gasteiger partial charge in [-0.2, -0.15) is 0 Å². The lowest BCUT2D eigenvalue weighted by atomic mass is 10.0. The topological polar surface area (TPSA) is 71.2 Å². The highest BCUT2D eigenvalue weighted by Gasteiger charge is 2.41. The van der Waals surface area contributed by atoms with Gasteiger partial charge in [-0.1, -0.05) is 37.3 Å². The second-order valence-corrected chi connectivity index (χ2v) is 6.86. The largest absolute Gasteiger partial charge is 0.465 e. The summed E-state index contributed by atoms with van der Waals surface area (Å²) >= 11 is 0. The van der Waals surface area contributed by atoms with Crippen LogP contribution in [-0.2, 0) is 4.74 Å². The number of amides is 1. The summed E-state index contributed by atoms with van der Waals surface area (Å²) in [6, 6.07) is 10.0. The zero-order valence-corrected chi connectivity index (χ0v) is 15.1. The van der Waals surface area contributed by atoms with Crippen molar-refractivity contribution in [3.05, 3.63) is 58.4 Å². The Morgan fingerprint density at radius 2 is 1.88 bits per heavy atom. The Balaban J connectivity index is 1.87. The molecule has 0 aliphatic heterocycles. The van der Waals surface area contributed by atoms with Crippen molar-refractivity contribution in [3.63, 3.8) is 0 Å². The van der Waals surface area contributed by atoms with Gasteiger partial charge < -0.3 is 15.0 Å². The van der Waals surface area contributed by atoms with Gasteiger partial charge in [-0.3, -0.25) is 4.79 Å². The van der Waals surface area contributed by atoms with Crippen LogP contribution in [0.4, 0.5) is 0 Å². The second-order valence-electron chi connectivity index (χ2n) is 6.86. The lowest BCUT2D eigenvalue weighted by molar-refractivity contribution is 0.0599. The number of esters is 1. The van der Waals surface area contributed by atoms with Gasteiger partial charge in [0.15, 0.2) is 0 Å². The Morgan fingerprint density at radius 3 is 2.44 bits per heavy atom. The fourth-order valence-corrected chi connectivity index (χ4v) is 3.51. The van der Waals surface area contributed by atoms with E-state index in [2.05, 4.69) is 17.2 Å². The van der Waals surface area contributed by atoms with E-state index < -0.39 is 5.97 Å². The number of methoxy groups -OCH3 is 1. The molecule has 1 fully saturated rings. The summed E-state index contributed by atoms with van der Waals surface area (Å²) in [7, 11) is 1.34. The van der Waals surface area contributed by atoms with Crippen LogP contribution in [-0.4, -0.2) is 24.0 Å². The number of carbonyl (C=O) groups is 2. The average Bonchev–Trinajstić information content (AvgIpc) is 3.25. The van der Waals surface area contributed by atoms with Crippen LogP contribution >= 0.6 is 0 Å². The smallest absolute Gasteiger partial charge is 0.339 e. The van der Waals surface area contributed by atoms with Crippen molar-refractivity contribution in [2.24, 2.45) is 11.8 Å². The first-order valence-electron chi connectivity index (χ1n) is 8.57. The predicted octanol–water partition coefficient (Wildman–Crippen LogP) is 3.55. The normalized spacial score (nSPS) is 20.0. The first-order valence-corrected chi connectivity index (χ1v) is 8.57. The standard InChI is InChI=1S/C20H24N2O3/c1-11-10-15(11)18(14-8-6-5-7-9-14)22-19(23)17-12(2)16(13(3)21-17)20(24)25-4/h5-9,11,15,18,21H,10H2,1-4H3,(H,22,23). The summed E-state index contributed by atoms with van der Waals surface area (Å²) in [5, 5.41) is 3.16. The molecule has 3 atom stereocenters. The number of nitrogens with one attached hydrogen (secondary N) is 2. The Kier molecular flexibility index (Phi) is 4.66. The number of aromatic nitrogens is 1. The third-order valence-electron chi connectivity index (χ3n) is 5.10. The molecule has 0 spiro atoms. The first kappa shape index (κ1) is 17.3. The number of ether oxygens (including phenoxy) is 1. The maximum absolute atomic E-state index is 12.9. The maximum atomic E-state index is 12.9. The van der Waals surface area contributed by atoms with Gasteiger partial charge in [0.25, 0.3) is 5.91 Å². The second kappa shape index (κ2) is 6.75. The molecule has 3 unspecified atom stereocenters. The van der Waals surface area contributed by atoms with Crippen LogP contribution in [0.3, 0.4) is 0 Å². The van der Waals surface area contributed by atoms with Crippen molar-refractivity contribution in [1.82, 2.24) is 10.3 Å². The Morgan fingerprint density at radius 1 is 1.24 bits per heavy atom. The molecular formula is C20H24N2O3. The van der Waals surface area contributed by atoms with Gasteiger partial charge in [0.05, 0.1) is 18.7 Å². The molecule has 3 rings (SSSR count). The molecule has 5 nitrogen and oxygen atoms in total. The fourth-order valence-electron chi connectivity index (χ4n) is 3.51. The van der Waals surface area contributed by atoms with E-state index in [1.165, 1.54) is 7.11 Å². The van der Waals surface area contributed by atoms with Gasteiger partial charge >= 0.3 is 5.97 Å². The molecule has 5 heteroatoms.